The van der Waals surface area contributed by atoms with Gasteiger partial charge in [0.15, 0.2) is 0 Å². The Labute approximate surface area is 101 Å². The molecule has 0 aromatic heterocycles. The van der Waals surface area contributed by atoms with Crippen molar-refractivity contribution in [2.75, 3.05) is 33.5 Å². The van der Waals surface area contributed by atoms with E-state index in [0.717, 1.165) is 17.9 Å². The molecule has 1 atom stereocenters. The van der Waals surface area contributed by atoms with Gasteiger partial charge in [-0.25, -0.2) is 0 Å². The van der Waals surface area contributed by atoms with Crippen LogP contribution >= 0.6 is 0 Å². The molecule has 1 aliphatic heterocycles. The summed E-state index contributed by atoms with van der Waals surface area (Å²) in [6.45, 7) is 3.32. The monoisotopic (exact) mass is 238 g/mol. The topological polar surface area (TPSA) is 40.2 Å². The summed E-state index contributed by atoms with van der Waals surface area (Å²) in [6, 6.07) is 7.93. The van der Waals surface area contributed by atoms with Gasteiger partial charge in [0.05, 0.1) is 26.4 Å². The van der Waals surface area contributed by atoms with Gasteiger partial charge in [0, 0.05) is 7.11 Å². The van der Waals surface area contributed by atoms with Gasteiger partial charge in [-0.2, -0.15) is 0 Å². The maximum atomic E-state index is 5.54. The molecule has 0 amide bonds. The zero-order valence-electron chi connectivity index (χ0n) is 10.1. The fraction of sp³-hybridized carbons (Fsp3) is 0.538. The van der Waals surface area contributed by atoms with Gasteiger partial charge < -0.3 is 18.9 Å². The Morgan fingerprint density at radius 2 is 2.00 bits per heavy atom. The van der Waals surface area contributed by atoms with Gasteiger partial charge in [-0.15, -0.1) is 0 Å². The van der Waals surface area contributed by atoms with Crippen LogP contribution in [0.25, 0.3) is 0 Å². The Morgan fingerprint density at radius 1 is 1.24 bits per heavy atom. The number of benzene rings is 1. The van der Waals surface area contributed by atoms with E-state index in [1.165, 1.54) is 0 Å². The lowest BCUT2D eigenvalue weighted by Crippen LogP contribution is -2.04. The number of rotatable bonds is 8. The summed E-state index contributed by atoms with van der Waals surface area (Å²) in [4.78, 5) is 0. The van der Waals surface area contributed by atoms with Crippen LogP contribution in [-0.2, 0) is 20.8 Å². The molecule has 94 valence electrons. The van der Waals surface area contributed by atoms with E-state index >= 15 is 0 Å². The predicted molar refractivity (Wildman–Crippen MR) is 63.2 cm³/mol. The molecule has 4 nitrogen and oxygen atoms in total. The zero-order chi connectivity index (χ0) is 11.9. The van der Waals surface area contributed by atoms with Crippen molar-refractivity contribution in [1.82, 2.24) is 0 Å². The van der Waals surface area contributed by atoms with E-state index in [0.29, 0.717) is 32.5 Å². The van der Waals surface area contributed by atoms with Gasteiger partial charge in [-0.05, 0) is 17.7 Å². The van der Waals surface area contributed by atoms with Crippen molar-refractivity contribution in [3.63, 3.8) is 0 Å². The van der Waals surface area contributed by atoms with Crippen LogP contribution < -0.4 is 4.74 Å². The summed E-state index contributed by atoms with van der Waals surface area (Å²) >= 11 is 0. The van der Waals surface area contributed by atoms with Crippen LogP contribution in [0.5, 0.6) is 5.75 Å². The number of hydrogen-bond acceptors (Lipinski definition) is 4. The molecule has 2 rings (SSSR count). The first-order chi connectivity index (χ1) is 8.38. The van der Waals surface area contributed by atoms with Crippen molar-refractivity contribution in [2.24, 2.45) is 0 Å². The zero-order valence-corrected chi connectivity index (χ0v) is 10.1. The second-order valence-electron chi connectivity index (χ2n) is 3.96. The average molecular weight is 238 g/mol. The molecular formula is C13H18O4. The van der Waals surface area contributed by atoms with Crippen LogP contribution in [0.4, 0.5) is 0 Å². The smallest absolute Gasteiger partial charge is 0.119 e. The minimum atomic E-state index is 0.298. The van der Waals surface area contributed by atoms with Gasteiger partial charge in [-0.3, -0.25) is 0 Å². The summed E-state index contributed by atoms with van der Waals surface area (Å²) in [7, 11) is 1.67. The van der Waals surface area contributed by atoms with Crippen LogP contribution in [0.2, 0.25) is 0 Å². The van der Waals surface area contributed by atoms with Gasteiger partial charge in [0.1, 0.15) is 18.5 Å². The quantitative estimate of drug-likeness (QED) is 0.510. The molecule has 0 aliphatic carbocycles. The van der Waals surface area contributed by atoms with Crippen LogP contribution in [-0.4, -0.2) is 39.6 Å². The minimum absolute atomic E-state index is 0.298. The van der Waals surface area contributed by atoms with E-state index in [-0.39, 0.29) is 0 Å². The predicted octanol–water partition coefficient (Wildman–Crippen LogP) is 1.63. The molecule has 0 N–H and O–H groups in total. The molecule has 4 heteroatoms. The lowest BCUT2D eigenvalue weighted by Gasteiger charge is -2.06. The van der Waals surface area contributed by atoms with Gasteiger partial charge in [-0.1, -0.05) is 12.1 Å². The van der Waals surface area contributed by atoms with Crippen molar-refractivity contribution in [3.05, 3.63) is 29.8 Å². The van der Waals surface area contributed by atoms with E-state index in [1.807, 2.05) is 24.3 Å². The highest BCUT2D eigenvalue weighted by atomic mass is 16.6. The Balaban J connectivity index is 1.68. The molecule has 0 spiro atoms. The minimum Gasteiger partial charge on any atom is -0.491 e. The lowest BCUT2D eigenvalue weighted by atomic mass is 10.2. The Kier molecular flexibility index (Phi) is 4.79. The molecule has 1 heterocycles. The Bertz CT molecular complexity index is 319. The highest BCUT2D eigenvalue weighted by Crippen LogP contribution is 2.16. The largest absolute Gasteiger partial charge is 0.491 e. The molecule has 0 saturated carbocycles. The maximum Gasteiger partial charge on any atom is 0.119 e. The second kappa shape index (κ2) is 6.59. The third kappa shape index (κ3) is 4.73. The van der Waals surface area contributed by atoms with Crippen LogP contribution in [0.3, 0.4) is 0 Å². The standard InChI is InChI=1S/C13H18O4/c1-14-6-7-15-8-11-2-4-12(5-3-11)16-9-13-10-17-13/h2-5,13H,6-10H2,1H3. The summed E-state index contributed by atoms with van der Waals surface area (Å²) in [5, 5.41) is 0. The molecule has 1 fully saturated rings. The first-order valence-electron chi connectivity index (χ1n) is 5.78. The summed E-state index contributed by atoms with van der Waals surface area (Å²) in [5.74, 6) is 0.876. The third-order valence-corrected chi connectivity index (χ3v) is 2.46. The highest BCUT2D eigenvalue weighted by molar-refractivity contribution is 5.26. The third-order valence-electron chi connectivity index (χ3n) is 2.46. The van der Waals surface area contributed by atoms with Crippen molar-refractivity contribution in [3.8, 4) is 5.75 Å². The molecule has 0 radical (unpaired) electrons. The van der Waals surface area contributed by atoms with E-state index < -0.39 is 0 Å². The second-order valence-corrected chi connectivity index (χ2v) is 3.96. The molecule has 1 aliphatic rings. The fourth-order valence-electron chi connectivity index (χ4n) is 1.37. The summed E-state index contributed by atoms with van der Waals surface area (Å²) < 4.78 is 20.9. The molecule has 1 aromatic carbocycles. The van der Waals surface area contributed by atoms with Gasteiger partial charge in [0.2, 0.25) is 0 Å². The highest BCUT2D eigenvalue weighted by Gasteiger charge is 2.22. The lowest BCUT2D eigenvalue weighted by molar-refractivity contribution is 0.0616. The summed E-state index contributed by atoms with van der Waals surface area (Å²) in [5.41, 5.74) is 1.14. The van der Waals surface area contributed by atoms with Crippen molar-refractivity contribution < 1.29 is 18.9 Å². The average Bonchev–Trinajstić information content (AvgIpc) is 3.18. The molecule has 17 heavy (non-hydrogen) atoms. The number of methoxy groups -OCH3 is 1. The van der Waals surface area contributed by atoms with E-state index in [9.17, 15) is 0 Å². The number of ether oxygens (including phenoxy) is 4. The van der Waals surface area contributed by atoms with Crippen LogP contribution in [0.15, 0.2) is 24.3 Å². The van der Waals surface area contributed by atoms with E-state index in [1.54, 1.807) is 7.11 Å². The molecule has 0 bridgehead atoms. The normalized spacial score (nSPS) is 18.1. The SMILES string of the molecule is COCCOCc1ccc(OCC2CO2)cc1. The van der Waals surface area contributed by atoms with Crippen LogP contribution in [0.1, 0.15) is 5.56 Å². The van der Waals surface area contributed by atoms with Crippen LogP contribution in [0, 0.1) is 0 Å². The molecular weight excluding hydrogens is 220 g/mol. The first-order valence-corrected chi connectivity index (χ1v) is 5.78. The van der Waals surface area contributed by atoms with Crippen molar-refractivity contribution >= 4 is 0 Å². The first kappa shape index (κ1) is 12.4. The summed E-state index contributed by atoms with van der Waals surface area (Å²) in [6.07, 6.45) is 0.298. The van der Waals surface area contributed by atoms with Crippen molar-refractivity contribution in [1.29, 1.82) is 0 Å². The molecule has 1 aromatic rings. The number of epoxide rings is 1. The maximum absolute atomic E-state index is 5.54. The van der Waals surface area contributed by atoms with E-state index in [4.69, 9.17) is 18.9 Å². The Hall–Kier alpha value is -1.10. The van der Waals surface area contributed by atoms with E-state index in [2.05, 4.69) is 0 Å². The van der Waals surface area contributed by atoms with Gasteiger partial charge in [0.25, 0.3) is 0 Å². The van der Waals surface area contributed by atoms with Gasteiger partial charge >= 0.3 is 0 Å². The molecule has 1 unspecified atom stereocenters. The van der Waals surface area contributed by atoms with Crippen molar-refractivity contribution in [2.45, 2.75) is 12.7 Å². The Morgan fingerprint density at radius 3 is 2.65 bits per heavy atom. The number of hydrogen-bond donors (Lipinski definition) is 0. The molecule has 1 saturated heterocycles. The fourth-order valence-corrected chi connectivity index (χ4v) is 1.37.